The van der Waals surface area contributed by atoms with E-state index in [-0.39, 0.29) is 29.7 Å². The molecule has 1 aliphatic heterocycles. The highest BCUT2D eigenvalue weighted by Crippen LogP contribution is 2.26. The molecule has 0 aromatic carbocycles. The number of amides is 2. The quantitative estimate of drug-likeness (QED) is 0.928. The molecule has 5 heteroatoms. The van der Waals surface area contributed by atoms with Gasteiger partial charge in [-0.1, -0.05) is 13.0 Å². The Bertz CT molecular complexity index is 549. The van der Waals surface area contributed by atoms with Gasteiger partial charge in [-0.05, 0) is 38.8 Å². The summed E-state index contributed by atoms with van der Waals surface area (Å²) in [6.45, 7) is 8.45. The van der Waals surface area contributed by atoms with E-state index in [0.717, 1.165) is 12.0 Å². The Balaban J connectivity index is 2.07. The van der Waals surface area contributed by atoms with Gasteiger partial charge >= 0.3 is 0 Å². The van der Waals surface area contributed by atoms with Gasteiger partial charge in [-0.25, -0.2) is 4.98 Å². The third-order valence-electron chi connectivity index (χ3n) is 3.82. The first kappa shape index (κ1) is 15.5. The molecular formula is C16H23N3O2. The number of aromatic nitrogens is 1. The minimum Gasteiger partial charge on any atom is -0.337 e. The van der Waals surface area contributed by atoms with Crippen molar-refractivity contribution < 1.29 is 9.59 Å². The fourth-order valence-corrected chi connectivity index (χ4v) is 2.59. The molecule has 0 spiro atoms. The van der Waals surface area contributed by atoms with E-state index in [0.29, 0.717) is 12.4 Å². The number of carbonyl (C=O) groups excluding carboxylic acids is 2. The van der Waals surface area contributed by atoms with Crippen LogP contribution in [0.2, 0.25) is 0 Å². The molecule has 1 aromatic rings. The van der Waals surface area contributed by atoms with Crippen LogP contribution >= 0.6 is 0 Å². The second-order valence-corrected chi connectivity index (χ2v) is 6.43. The Morgan fingerprint density at radius 1 is 1.48 bits per heavy atom. The number of rotatable bonds is 3. The highest BCUT2D eigenvalue weighted by Gasteiger charge is 2.39. The van der Waals surface area contributed by atoms with E-state index in [4.69, 9.17) is 0 Å². The molecule has 2 heterocycles. The summed E-state index contributed by atoms with van der Waals surface area (Å²) in [4.78, 5) is 30.4. The third-order valence-corrected chi connectivity index (χ3v) is 3.82. The summed E-state index contributed by atoms with van der Waals surface area (Å²) in [6, 6.07) is 3.80. The van der Waals surface area contributed by atoms with E-state index in [1.807, 2.05) is 39.8 Å². The molecule has 1 aromatic heterocycles. The molecule has 21 heavy (non-hydrogen) atoms. The van der Waals surface area contributed by atoms with Crippen LogP contribution in [0, 0.1) is 5.92 Å². The monoisotopic (exact) mass is 289 g/mol. The van der Waals surface area contributed by atoms with Gasteiger partial charge in [-0.3, -0.25) is 9.59 Å². The minimum absolute atomic E-state index is 0.0411. The van der Waals surface area contributed by atoms with Crippen LogP contribution in [0.25, 0.3) is 0 Å². The number of carbonyl (C=O) groups is 2. The van der Waals surface area contributed by atoms with Gasteiger partial charge in [-0.15, -0.1) is 0 Å². The third kappa shape index (κ3) is 3.40. The topological polar surface area (TPSA) is 62.3 Å². The lowest BCUT2D eigenvalue weighted by Crippen LogP contribution is -2.42. The Hall–Kier alpha value is -1.91. The average molecular weight is 289 g/mol. The molecule has 0 radical (unpaired) electrons. The normalized spacial score (nSPS) is 19.0. The fraction of sp³-hybridized carbons (Fsp3) is 0.562. The maximum atomic E-state index is 12.4. The molecule has 1 fully saturated rings. The number of aryl methyl sites for hydroxylation is 1. The number of nitrogens with one attached hydrogen (secondary N) is 1. The van der Waals surface area contributed by atoms with Crippen LogP contribution in [0.5, 0.6) is 0 Å². The van der Waals surface area contributed by atoms with Crippen LogP contribution in [0.3, 0.4) is 0 Å². The van der Waals surface area contributed by atoms with Crippen molar-refractivity contribution in [3.63, 3.8) is 0 Å². The largest absolute Gasteiger partial charge is 0.337 e. The predicted octanol–water partition coefficient (Wildman–Crippen LogP) is 2.23. The van der Waals surface area contributed by atoms with Gasteiger partial charge in [0.05, 0.1) is 5.92 Å². The molecular weight excluding hydrogens is 266 g/mol. The number of pyridine rings is 1. The number of hydrogen-bond acceptors (Lipinski definition) is 3. The van der Waals surface area contributed by atoms with Crippen molar-refractivity contribution in [3.05, 3.63) is 23.9 Å². The lowest BCUT2D eigenvalue weighted by Gasteiger charge is -2.31. The van der Waals surface area contributed by atoms with E-state index in [1.165, 1.54) is 0 Å². The Labute approximate surface area is 125 Å². The standard InChI is InChI=1S/C16H23N3O2/c1-5-11-7-6-8-17-14(11)18-15(21)12-9-13(20)19(10-12)16(2,3)4/h6-8,12H,5,9-10H2,1-4H3,(H,17,18,21). The van der Waals surface area contributed by atoms with Crippen LogP contribution in [0.4, 0.5) is 5.82 Å². The zero-order chi connectivity index (χ0) is 15.6. The number of hydrogen-bond donors (Lipinski definition) is 1. The number of anilines is 1. The van der Waals surface area contributed by atoms with Crippen LogP contribution in [-0.4, -0.2) is 33.8 Å². The Kier molecular flexibility index (Phi) is 4.30. The molecule has 5 nitrogen and oxygen atoms in total. The zero-order valence-corrected chi connectivity index (χ0v) is 13.1. The minimum atomic E-state index is -0.302. The summed E-state index contributed by atoms with van der Waals surface area (Å²) < 4.78 is 0. The van der Waals surface area contributed by atoms with Crippen molar-refractivity contribution >= 4 is 17.6 Å². The van der Waals surface area contributed by atoms with Crippen molar-refractivity contribution in [2.75, 3.05) is 11.9 Å². The van der Waals surface area contributed by atoms with Gasteiger partial charge in [0.25, 0.3) is 0 Å². The molecule has 114 valence electrons. The summed E-state index contributed by atoms with van der Waals surface area (Å²) in [5, 5.41) is 2.87. The first-order valence-corrected chi connectivity index (χ1v) is 7.38. The lowest BCUT2D eigenvalue weighted by atomic mass is 10.1. The van der Waals surface area contributed by atoms with Gasteiger partial charge in [0.1, 0.15) is 5.82 Å². The van der Waals surface area contributed by atoms with E-state index < -0.39 is 0 Å². The molecule has 0 saturated carbocycles. The predicted molar refractivity (Wildman–Crippen MR) is 81.8 cm³/mol. The van der Waals surface area contributed by atoms with E-state index in [1.54, 1.807) is 11.1 Å². The van der Waals surface area contributed by atoms with Gasteiger partial charge in [0.2, 0.25) is 11.8 Å². The second kappa shape index (κ2) is 5.84. The molecule has 0 bridgehead atoms. The van der Waals surface area contributed by atoms with Crippen molar-refractivity contribution in [1.29, 1.82) is 0 Å². The molecule has 1 unspecified atom stereocenters. The highest BCUT2D eigenvalue weighted by atomic mass is 16.2. The molecule has 1 atom stereocenters. The van der Waals surface area contributed by atoms with Gasteiger partial charge in [0, 0.05) is 24.7 Å². The summed E-state index contributed by atoms with van der Waals surface area (Å²) >= 11 is 0. The van der Waals surface area contributed by atoms with Gasteiger partial charge in [0.15, 0.2) is 0 Å². The van der Waals surface area contributed by atoms with Gasteiger partial charge < -0.3 is 10.2 Å². The maximum absolute atomic E-state index is 12.4. The zero-order valence-electron chi connectivity index (χ0n) is 13.1. The SMILES string of the molecule is CCc1cccnc1NC(=O)C1CC(=O)N(C(C)(C)C)C1. The van der Waals surface area contributed by atoms with Crippen molar-refractivity contribution in [2.45, 2.75) is 46.1 Å². The van der Waals surface area contributed by atoms with E-state index in [9.17, 15) is 9.59 Å². The van der Waals surface area contributed by atoms with Gasteiger partial charge in [-0.2, -0.15) is 0 Å². The van der Waals surface area contributed by atoms with Crippen molar-refractivity contribution in [1.82, 2.24) is 9.88 Å². The average Bonchev–Trinajstić information content (AvgIpc) is 2.81. The second-order valence-electron chi connectivity index (χ2n) is 6.43. The van der Waals surface area contributed by atoms with E-state index >= 15 is 0 Å². The summed E-state index contributed by atoms with van der Waals surface area (Å²) in [5.41, 5.74) is 0.758. The Morgan fingerprint density at radius 3 is 2.76 bits per heavy atom. The van der Waals surface area contributed by atoms with Crippen LogP contribution in [-0.2, 0) is 16.0 Å². The first-order valence-electron chi connectivity index (χ1n) is 7.38. The smallest absolute Gasteiger partial charge is 0.230 e. The molecule has 1 N–H and O–H groups in total. The van der Waals surface area contributed by atoms with Crippen molar-refractivity contribution in [2.24, 2.45) is 5.92 Å². The Morgan fingerprint density at radius 2 is 2.19 bits per heavy atom. The molecule has 0 aliphatic carbocycles. The first-order chi connectivity index (χ1) is 9.82. The molecule has 1 saturated heterocycles. The summed E-state index contributed by atoms with van der Waals surface area (Å²) in [5.74, 6) is 0.220. The maximum Gasteiger partial charge on any atom is 0.230 e. The summed E-state index contributed by atoms with van der Waals surface area (Å²) in [6.07, 6.45) is 2.74. The number of likely N-dealkylation sites (tertiary alicyclic amines) is 1. The van der Waals surface area contributed by atoms with Crippen LogP contribution in [0.15, 0.2) is 18.3 Å². The molecule has 1 aliphatic rings. The van der Waals surface area contributed by atoms with Crippen molar-refractivity contribution in [3.8, 4) is 0 Å². The molecule has 2 rings (SSSR count). The number of nitrogens with zero attached hydrogens (tertiary/aromatic N) is 2. The fourth-order valence-electron chi connectivity index (χ4n) is 2.59. The van der Waals surface area contributed by atoms with Crippen LogP contribution in [0.1, 0.15) is 39.7 Å². The van der Waals surface area contributed by atoms with Crippen LogP contribution < -0.4 is 5.32 Å². The highest BCUT2D eigenvalue weighted by molar-refractivity contribution is 5.97. The lowest BCUT2D eigenvalue weighted by molar-refractivity contribution is -0.131. The van der Waals surface area contributed by atoms with E-state index in [2.05, 4.69) is 10.3 Å². The molecule has 2 amide bonds. The summed E-state index contributed by atoms with van der Waals surface area (Å²) in [7, 11) is 0.